The highest BCUT2D eigenvalue weighted by molar-refractivity contribution is 5.36. The van der Waals surface area contributed by atoms with Gasteiger partial charge in [-0.2, -0.15) is 26.3 Å². The molecule has 0 fully saturated rings. The van der Waals surface area contributed by atoms with E-state index in [0.29, 0.717) is 18.6 Å². The number of rotatable bonds is 2. The lowest BCUT2D eigenvalue weighted by atomic mass is 10.0. The fourth-order valence-electron chi connectivity index (χ4n) is 1.33. The van der Waals surface area contributed by atoms with Gasteiger partial charge in [0.05, 0.1) is 11.1 Å². The lowest BCUT2D eigenvalue weighted by molar-refractivity contribution is -0.143. The van der Waals surface area contributed by atoms with Crippen LogP contribution in [-0.2, 0) is 12.4 Å². The third-order valence-electron chi connectivity index (χ3n) is 2.05. The molecule has 0 bridgehead atoms. The Hall–Kier alpha value is -1.20. The molecular formula is C11H9F6. The molecule has 0 unspecified atom stereocenters. The minimum atomic E-state index is -4.78. The van der Waals surface area contributed by atoms with Crippen LogP contribution in [0.25, 0.3) is 0 Å². The summed E-state index contributed by atoms with van der Waals surface area (Å²) < 4.78 is 74.4. The summed E-state index contributed by atoms with van der Waals surface area (Å²) in [6.07, 6.45) is -7.89. The van der Waals surface area contributed by atoms with Gasteiger partial charge in [0.1, 0.15) is 0 Å². The fourth-order valence-corrected chi connectivity index (χ4v) is 1.33. The average Bonchev–Trinajstić information content (AvgIpc) is 2.15. The standard InChI is InChI=1S/C11H9F6/c1-2-3-7-4-8(10(12,13)14)6-9(5-7)11(15,16)17/h3-6H,2H2,1H3. The quantitative estimate of drug-likeness (QED) is 0.673. The summed E-state index contributed by atoms with van der Waals surface area (Å²) in [6, 6.07) is 1.53. The Bertz CT molecular complexity index is 356. The van der Waals surface area contributed by atoms with Crippen molar-refractivity contribution >= 4 is 0 Å². The van der Waals surface area contributed by atoms with Gasteiger partial charge in [-0.05, 0) is 36.6 Å². The van der Waals surface area contributed by atoms with Crippen molar-refractivity contribution in [1.29, 1.82) is 0 Å². The molecule has 0 aliphatic carbocycles. The molecule has 0 heterocycles. The Labute approximate surface area is 94.2 Å². The molecule has 0 amide bonds. The zero-order valence-electron chi connectivity index (χ0n) is 8.78. The van der Waals surface area contributed by atoms with Gasteiger partial charge in [-0.25, -0.2) is 0 Å². The Balaban J connectivity index is 3.29. The predicted octanol–water partition coefficient (Wildman–Crippen LogP) is 4.69. The van der Waals surface area contributed by atoms with Crippen molar-refractivity contribution in [2.45, 2.75) is 25.7 Å². The molecule has 0 saturated carbocycles. The van der Waals surface area contributed by atoms with Crippen LogP contribution in [-0.4, -0.2) is 0 Å². The minimum absolute atomic E-state index is 0.0744. The molecule has 0 spiro atoms. The predicted molar refractivity (Wildman–Crippen MR) is 50.1 cm³/mol. The number of benzene rings is 1. The van der Waals surface area contributed by atoms with Gasteiger partial charge in [-0.3, -0.25) is 0 Å². The highest BCUT2D eigenvalue weighted by Gasteiger charge is 2.36. The molecule has 0 aromatic heterocycles. The van der Waals surface area contributed by atoms with Crippen molar-refractivity contribution in [1.82, 2.24) is 0 Å². The lowest BCUT2D eigenvalue weighted by Crippen LogP contribution is -2.11. The molecule has 0 aliphatic heterocycles. The molecule has 6 heteroatoms. The topological polar surface area (TPSA) is 0 Å². The molecule has 95 valence electrons. The molecule has 1 rings (SSSR count). The largest absolute Gasteiger partial charge is 0.416 e. The van der Waals surface area contributed by atoms with Crippen LogP contribution in [0, 0.1) is 6.42 Å². The third kappa shape index (κ3) is 3.64. The molecule has 17 heavy (non-hydrogen) atoms. The Morgan fingerprint density at radius 3 is 1.59 bits per heavy atom. The number of alkyl halides is 6. The highest BCUT2D eigenvalue weighted by Crippen LogP contribution is 2.36. The van der Waals surface area contributed by atoms with E-state index in [0.717, 1.165) is 0 Å². The van der Waals surface area contributed by atoms with Gasteiger partial charge in [-0.15, -0.1) is 0 Å². The zero-order chi connectivity index (χ0) is 13.3. The van der Waals surface area contributed by atoms with E-state index in [1.54, 1.807) is 6.92 Å². The van der Waals surface area contributed by atoms with E-state index in [-0.39, 0.29) is 11.6 Å². The van der Waals surface area contributed by atoms with Crippen molar-refractivity contribution in [2.75, 3.05) is 0 Å². The van der Waals surface area contributed by atoms with Gasteiger partial charge in [0.2, 0.25) is 0 Å². The van der Waals surface area contributed by atoms with Crippen LogP contribution in [0.1, 0.15) is 30.0 Å². The maximum Gasteiger partial charge on any atom is 0.416 e. The van der Waals surface area contributed by atoms with E-state index in [9.17, 15) is 26.3 Å². The van der Waals surface area contributed by atoms with Gasteiger partial charge in [0.15, 0.2) is 0 Å². The monoisotopic (exact) mass is 255 g/mol. The average molecular weight is 255 g/mol. The SMILES string of the molecule is CC[CH]c1cc(C(F)(F)F)cc(C(F)(F)F)c1. The van der Waals surface area contributed by atoms with E-state index < -0.39 is 23.5 Å². The van der Waals surface area contributed by atoms with Gasteiger partial charge >= 0.3 is 12.4 Å². The minimum Gasteiger partial charge on any atom is -0.166 e. The summed E-state index contributed by atoms with van der Waals surface area (Å²) in [5.41, 5.74) is -2.64. The van der Waals surface area contributed by atoms with Crippen LogP contribution in [0.3, 0.4) is 0 Å². The molecule has 0 saturated heterocycles. The van der Waals surface area contributed by atoms with Gasteiger partial charge in [0, 0.05) is 0 Å². The first-order valence-electron chi connectivity index (χ1n) is 4.77. The van der Waals surface area contributed by atoms with Crippen molar-refractivity contribution in [3.8, 4) is 0 Å². The van der Waals surface area contributed by atoms with Crippen LogP contribution >= 0.6 is 0 Å². The molecule has 1 aromatic rings. The summed E-state index contributed by atoms with van der Waals surface area (Å²) in [4.78, 5) is 0. The van der Waals surface area contributed by atoms with Crippen molar-refractivity contribution in [3.63, 3.8) is 0 Å². The van der Waals surface area contributed by atoms with Crippen LogP contribution < -0.4 is 0 Å². The Morgan fingerprint density at radius 1 is 0.882 bits per heavy atom. The first-order valence-corrected chi connectivity index (χ1v) is 4.77. The smallest absolute Gasteiger partial charge is 0.166 e. The molecule has 0 nitrogen and oxygen atoms in total. The maximum atomic E-state index is 12.4. The maximum absolute atomic E-state index is 12.4. The molecule has 0 N–H and O–H groups in total. The number of hydrogen-bond acceptors (Lipinski definition) is 0. The Kier molecular flexibility index (Phi) is 3.74. The van der Waals surface area contributed by atoms with Gasteiger partial charge in [0.25, 0.3) is 0 Å². The Morgan fingerprint density at radius 2 is 1.29 bits per heavy atom. The molecule has 0 atom stereocenters. The normalized spacial score (nSPS) is 12.9. The van der Waals surface area contributed by atoms with E-state index >= 15 is 0 Å². The van der Waals surface area contributed by atoms with Crippen LogP contribution in [0.15, 0.2) is 18.2 Å². The third-order valence-corrected chi connectivity index (χ3v) is 2.05. The van der Waals surface area contributed by atoms with E-state index in [1.807, 2.05) is 0 Å². The second-order valence-electron chi connectivity index (χ2n) is 3.45. The summed E-state index contributed by atoms with van der Waals surface area (Å²) in [6.45, 7) is 1.63. The van der Waals surface area contributed by atoms with Gasteiger partial charge in [-0.1, -0.05) is 6.92 Å². The van der Waals surface area contributed by atoms with Crippen LogP contribution in [0.4, 0.5) is 26.3 Å². The van der Waals surface area contributed by atoms with Crippen molar-refractivity contribution in [3.05, 3.63) is 41.3 Å². The molecule has 1 radical (unpaired) electrons. The second-order valence-corrected chi connectivity index (χ2v) is 3.45. The fraction of sp³-hybridized carbons (Fsp3) is 0.364. The summed E-state index contributed by atoms with van der Waals surface area (Å²) in [7, 11) is 0. The van der Waals surface area contributed by atoms with E-state index in [4.69, 9.17) is 0 Å². The van der Waals surface area contributed by atoms with E-state index in [1.165, 1.54) is 6.42 Å². The molecule has 1 aromatic carbocycles. The zero-order valence-corrected chi connectivity index (χ0v) is 8.78. The highest BCUT2D eigenvalue weighted by atomic mass is 19.4. The summed E-state index contributed by atoms with van der Waals surface area (Å²) in [5.74, 6) is 0. The molecular weight excluding hydrogens is 246 g/mol. The van der Waals surface area contributed by atoms with E-state index in [2.05, 4.69) is 0 Å². The first kappa shape index (κ1) is 13.9. The lowest BCUT2D eigenvalue weighted by Gasteiger charge is -2.13. The molecule has 0 aliphatic rings. The van der Waals surface area contributed by atoms with Crippen molar-refractivity contribution in [2.24, 2.45) is 0 Å². The van der Waals surface area contributed by atoms with Crippen LogP contribution in [0.2, 0.25) is 0 Å². The van der Waals surface area contributed by atoms with Crippen molar-refractivity contribution < 1.29 is 26.3 Å². The summed E-state index contributed by atoms with van der Waals surface area (Å²) in [5, 5.41) is 0. The number of hydrogen-bond donors (Lipinski definition) is 0. The summed E-state index contributed by atoms with van der Waals surface area (Å²) >= 11 is 0. The second kappa shape index (κ2) is 4.58. The first-order chi connectivity index (χ1) is 7.64. The number of halogens is 6. The van der Waals surface area contributed by atoms with Crippen LogP contribution in [0.5, 0.6) is 0 Å². The van der Waals surface area contributed by atoms with Gasteiger partial charge < -0.3 is 0 Å².